The van der Waals surface area contributed by atoms with E-state index in [1.807, 2.05) is 0 Å². The van der Waals surface area contributed by atoms with Crippen molar-refractivity contribution < 1.29 is 9.59 Å². The minimum atomic E-state index is -0.129. The van der Waals surface area contributed by atoms with Gasteiger partial charge in [0.2, 0.25) is 11.8 Å². The lowest BCUT2D eigenvalue weighted by atomic mass is 9.46. The highest BCUT2D eigenvalue weighted by Gasteiger charge is 2.66. The van der Waals surface area contributed by atoms with Crippen LogP contribution in [0.25, 0.3) is 0 Å². The monoisotopic (exact) mass is 247 g/mol. The van der Waals surface area contributed by atoms with Gasteiger partial charge < -0.3 is 0 Å². The molecule has 1 saturated carbocycles. The fraction of sp³-hybridized carbons (Fsp3) is 0.733. The van der Waals surface area contributed by atoms with E-state index in [1.54, 1.807) is 7.05 Å². The van der Waals surface area contributed by atoms with E-state index in [0.29, 0.717) is 5.92 Å². The third-order valence-electron chi connectivity index (χ3n) is 5.76. The van der Waals surface area contributed by atoms with Gasteiger partial charge in [-0.3, -0.25) is 14.5 Å². The van der Waals surface area contributed by atoms with Crippen molar-refractivity contribution in [1.82, 2.24) is 4.90 Å². The Labute approximate surface area is 108 Å². The van der Waals surface area contributed by atoms with Crippen molar-refractivity contribution in [2.75, 3.05) is 7.05 Å². The molecule has 0 aromatic rings. The van der Waals surface area contributed by atoms with Crippen LogP contribution in [0.3, 0.4) is 0 Å². The summed E-state index contributed by atoms with van der Waals surface area (Å²) in [6, 6.07) is 0. The van der Waals surface area contributed by atoms with Crippen LogP contribution in [0, 0.1) is 28.6 Å². The lowest BCUT2D eigenvalue weighted by molar-refractivity contribution is -0.139. The minimum absolute atomic E-state index is 0.0292. The maximum absolute atomic E-state index is 12.5. The van der Waals surface area contributed by atoms with Crippen molar-refractivity contribution in [2.45, 2.75) is 33.6 Å². The highest BCUT2D eigenvalue weighted by atomic mass is 16.2. The number of likely N-dealkylation sites (tertiary alicyclic amines) is 1. The number of fused-ring (bicyclic) bond motifs is 1. The minimum Gasteiger partial charge on any atom is -0.285 e. The van der Waals surface area contributed by atoms with Crippen molar-refractivity contribution in [3.05, 3.63) is 12.2 Å². The van der Waals surface area contributed by atoms with Gasteiger partial charge in [-0.15, -0.1) is 0 Å². The molecule has 2 bridgehead atoms. The molecule has 0 aromatic heterocycles. The molecule has 4 atom stereocenters. The third kappa shape index (κ3) is 1.11. The van der Waals surface area contributed by atoms with Gasteiger partial charge in [-0.1, -0.05) is 32.9 Å². The summed E-state index contributed by atoms with van der Waals surface area (Å²) in [4.78, 5) is 26.2. The molecule has 3 aliphatic carbocycles. The molecular weight excluding hydrogens is 226 g/mol. The van der Waals surface area contributed by atoms with Crippen molar-refractivity contribution in [1.29, 1.82) is 0 Å². The van der Waals surface area contributed by atoms with E-state index in [2.05, 4.69) is 32.9 Å². The highest BCUT2D eigenvalue weighted by Crippen LogP contribution is 2.63. The van der Waals surface area contributed by atoms with E-state index in [0.717, 1.165) is 12.8 Å². The SMILES string of the molecule is CC(C)[C@@]12C=C[C@](C)(CC1)[C@H]1C(=O)N(C)C(=O)[C@@H]12. The summed E-state index contributed by atoms with van der Waals surface area (Å²) >= 11 is 0. The van der Waals surface area contributed by atoms with Crippen LogP contribution in [0.2, 0.25) is 0 Å². The number of carbonyl (C=O) groups excluding carboxylic acids is 2. The lowest BCUT2D eigenvalue weighted by Crippen LogP contribution is -2.53. The summed E-state index contributed by atoms with van der Waals surface area (Å²) in [5.41, 5.74) is -0.210. The van der Waals surface area contributed by atoms with Crippen molar-refractivity contribution in [3.8, 4) is 0 Å². The second-order valence-electron chi connectivity index (χ2n) is 6.80. The zero-order valence-corrected chi connectivity index (χ0v) is 11.6. The molecule has 0 spiro atoms. The van der Waals surface area contributed by atoms with E-state index in [9.17, 15) is 9.59 Å². The van der Waals surface area contributed by atoms with Gasteiger partial charge >= 0.3 is 0 Å². The molecule has 1 saturated heterocycles. The van der Waals surface area contributed by atoms with Crippen LogP contribution in [0.1, 0.15) is 33.6 Å². The Hall–Kier alpha value is -1.12. The average Bonchev–Trinajstić information content (AvgIpc) is 2.57. The Morgan fingerprint density at radius 2 is 1.78 bits per heavy atom. The van der Waals surface area contributed by atoms with Gasteiger partial charge in [-0.25, -0.2) is 0 Å². The number of hydrogen-bond acceptors (Lipinski definition) is 2. The van der Waals surface area contributed by atoms with Crippen LogP contribution < -0.4 is 0 Å². The molecule has 4 aliphatic rings. The maximum Gasteiger partial charge on any atom is 0.233 e. The number of amides is 2. The number of allylic oxidation sites excluding steroid dienone is 2. The van der Waals surface area contributed by atoms with E-state index < -0.39 is 0 Å². The van der Waals surface area contributed by atoms with E-state index >= 15 is 0 Å². The Balaban J connectivity index is 2.19. The van der Waals surface area contributed by atoms with Crippen LogP contribution >= 0.6 is 0 Å². The third-order valence-corrected chi connectivity index (χ3v) is 5.76. The zero-order chi connectivity index (χ0) is 13.3. The molecular formula is C15H21NO2. The van der Waals surface area contributed by atoms with Gasteiger partial charge in [0, 0.05) is 12.5 Å². The molecule has 3 nitrogen and oxygen atoms in total. The summed E-state index contributed by atoms with van der Waals surface area (Å²) in [7, 11) is 1.64. The molecule has 98 valence electrons. The Kier molecular flexibility index (Phi) is 2.16. The topological polar surface area (TPSA) is 37.4 Å². The molecule has 3 heteroatoms. The lowest BCUT2D eigenvalue weighted by Gasteiger charge is -2.55. The van der Waals surface area contributed by atoms with Crippen LogP contribution in [0.15, 0.2) is 12.2 Å². The van der Waals surface area contributed by atoms with Gasteiger partial charge in [-0.05, 0) is 24.2 Å². The van der Waals surface area contributed by atoms with Crippen LogP contribution in [-0.4, -0.2) is 23.8 Å². The Bertz CT molecular complexity index is 467. The van der Waals surface area contributed by atoms with Gasteiger partial charge in [-0.2, -0.15) is 0 Å². The highest BCUT2D eigenvalue weighted by molar-refractivity contribution is 6.06. The standard InChI is InChI=1S/C15H21NO2/c1-9(2)15-7-5-14(3,6-8-15)10-11(15)13(18)16(4)12(10)17/h5,7,9-11H,6,8H2,1-4H3/t10-,11-,14-,15-/m1/s1. The number of imide groups is 1. The Morgan fingerprint density at radius 1 is 1.17 bits per heavy atom. The number of hydrogen-bond donors (Lipinski definition) is 0. The fourth-order valence-corrected chi connectivity index (χ4v) is 4.37. The average molecular weight is 247 g/mol. The fourth-order valence-electron chi connectivity index (χ4n) is 4.37. The van der Waals surface area contributed by atoms with Crippen LogP contribution in [0.4, 0.5) is 0 Å². The molecule has 1 aliphatic heterocycles. The molecule has 2 fully saturated rings. The number of carbonyl (C=O) groups is 2. The van der Waals surface area contributed by atoms with Crippen LogP contribution in [0.5, 0.6) is 0 Å². The molecule has 0 unspecified atom stereocenters. The van der Waals surface area contributed by atoms with Crippen molar-refractivity contribution >= 4 is 11.8 Å². The van der Waals surface area contributed by atoms with Gasteiger partial charge in [0.15, 0.2) is 0 Å². The first-order chi connectivity index (χ1) is 8.33. The van der Waals surface area contributed by atoms with E-state index in [-0.39, 0.29) is 34.5 Å². The zero-order valence-electron chi connectivity index (χ0n) is 11.6. The normalized spacial score (nSPS) is 46.2. The molecule has 0 aromatic carbocycles. The first-order valence-electron chi connectivity index (χ1n) is 6.85. The second kappa shape index (κ2) is 3.25. The summed E-state index contributed by atoms with van der Waals surface area (Å²) in [6.45, 7) is 6.48. The predicted octanol–water partition coefficient (Wildman–Crippen LogP) is 2.23. The van der Waals surface area contributed by atoms with E-state index in [1.165, 1.54) is 4.90 Å². The van der Waals surface area contributed by atoms with Gasteiger partial charge in [0.25, 0.3) is 0 Å². The number of rotatable bonds is 1. The van der Waals surface area contributed by atoms with Crippen LogP contribution in [-0.2, 0) is 9.59 Å². The molecule has 4 rings (SSSR count). The van der Waals surface area contributed by atoms with Crippen molar-refractivity contribution in [2.24, 2.45) is 28.6 Å². The summed E-state index contributed by atoms with van der Waals surface area (Å²) in [5.74, 6) is 0.208. The molecule has 18 heavy (non-hydrogen) atoms. The summed E-state index contributed by atoms with van der Waals surface area (Å²) in [5, 5.41) is 0. The van der Waals surface area contributed by atoms with Gasteiger partial charge in [0.1, 0.15) is 0 Å². The molecule has 0 N–H and O–H groups in total. The Morgan fingerprint density at radius 3 is 2.28 bits per heavy atom. The first-order valence-corrected chi connectivity index (χ1v) is 6.85. The number of nitrogens with zero attached hydrogens (tertiary/aromatic N) is 1. The molecule has 0 radical (unpaired) electrons. The molecule has 2 amide bonds. The van der Waals surface area contributed by atoms with E-state index in [4.69, 9.17) is 0 Å². The summed E-state index contributed by atoms with van der Waals surface area (Å²) in [6.07, 6.45) is 6.51. The quantitative estimate of drug-likeness (QED) is 0.526. The first kappa shape index (κ1) is 11.9. The smallest absolute Gasteiger partial charge is 0.233 e. The summed E-state index contributed by atoms with van der Waals surface area (Å²) < 4.78 is 0. The second-order valence-corrected chi connectivity index (χ2v) is 6.80. The predicted molar refractivity (Wildman–Crippen MR) is 68.5 cm³/mol. The van der Waals surface area contributed by atoms with Gasteiger partial charge in [0.05, 0.1) is 11.8 Å². The molecule has 1 heterocycles. The van der Waals surface area contributed by atoms with Crippen molar-refractivity contribution in [3.63, 3.8) is 0 Å². The largest absolute Gasteiger partial charge is 0.285 e. The maximum atomic E-state index is 12.5.